The molecule has 0 bridgehead atoms. The molecule has 2 N–H and O–H groups in total. The zero-order chi connectivity index (χ0) is 25.2. The first-order valence-electron chi connectivity index (χ1n) is 10.8. The van der Waals surface area contributed by atoms with E-state index in [1.165, 1.54) is 11.8 Å². The predicted molar refractivity (Wildman–Crippen MR) is 141 cm³/mol. The number of carbonyl (C=O) groups is 2. The van der Waals surface area contributed by atoms with E-state index in [-0.39, 0.29) is 11.5 Å². The molecule has 0 spiro atoms. The van der Waals surface area contributed by atoms with Gasteiger partial charge in [-0.05, 0) is 47.9 Å². The number of thioether (sulfide) groups is 1. The summed E-state index contributed by atoms with van der Waals surface area (Å²) in [5.74, 6) is -0.0797. The topological polar surface area (TPSA) is 121 Å². The van der Waals surface area contributed by atoms with Crippen molar-refractivity contribution in [2.45, 2.75) is 6.42 Å². The van der Waals surface area contributed by atoms with Crippen LogP contribution in [0.1, 0.15) is 21.5 Å². The van der Waals surface area contributed by atoms with Crippen molar-refractivity contribution in [1.82, 2.24) is 24.8 Å². The monoisotopic (exact) mass is 517 g/mol. The first kappa shape index (κ1) is 23.6. The van der Waals surface area contributed by atoms with Gasteiger partial charge in [-0.2, -0.15) is 0 Å². The normalized spacial score (nSPS) is 14.7. The van der Waals surface area contributed by atoms with E-state index in [2.05, 4.69) is 19.9 Å². The summed E-state index contributed by atoms with van der Waals surface area (Å²) in [5, 5.41) is 9.05. The molecule has 2 aromatic heterocycles. The second-order valence-corrected chi connectivity index (χ2v) is 9.55. The van der Waals surface area contributed by atoms with Gasteiger partial charge in [0.1, 0.15) is 15.6 Å². The first-order valence-corrected chi connectivity index (χ1v) is 12.1. The van der Waals surface area contributed by atoms with Crippen LogP contribution in [0, 0.1) is 0 Å². The molecule has 0 aliphatic carbocycles. The fourth-order valence-corrected chi connectivity index (χ4v) is 5.06. The van der Waals surface area contributed by atoms with Crippen molar-refractivity contribution >= 4 is 57.4 Å². The number of nitrogens with zero attached hydrogens (tertiary/aromatic N) is 4. The first-order chi connectivity index (χ1) is 17.4. The maximum atomic E-state index is 13.1. The summed E-state index contributed by atoms with van der Waals surface area (Å²) in [6.07, 6.45) is 5.57. The fourth-order valence-electron chi connectivity index (χ4n) is 3.75. The lowest BCUT2D eigenvalue weighted by atomic mass is 10.1. The highest BCUT2D eigenvalue weighted by molar-refractivity contribution is 8.26. The number of rotatable bonds is 7. The zero-order valence-corrected chi connectivity index (χ0v) is 20.6. The van der Waals surface area contributed by atoms with Crippen molar-refractivity contribution < 1.29 is 19.4 Å². The molecule has 5 rings (SSSR count). The van der Waals surface area contributed by atoms with Crippen LogP contribution in [0.25, 0.3) is 28.6 Å². The van der Waals surface area contributed by atoms with E-state index < -0.39 is 5.97 Å². The third kappa shape index (κ3) is 4.70. The van der Waals surface area contributed by atoms with Crippen LogP contribution in [0.3, 0.4) is 0 Å². The zero-order valence-electron chi connectivity index (χ0n) is 19.0. The Balaban J connectivity index is 1.36. The van der Waals surface area contributed by atoms with E-state index >= 15 is 0 Å². The number of imidazole rings is 1. The number of hydrogen-bond acceptors (Lipinski definition) is 8. The number of aromatic amines is 1. The SMILES string of the molecule is COc1ccc(C=C2SC(=S)N(CCc3ccc(C(=O)O)cc3)C2=O)cc1-c1ncc2[nH]cnc2n1. The summed E-state index contributed by atoms with van der Waals surface area (Å²) in [6, 6.07) is 12.1. The molecule has 4 aromatic rings. The minimum atomic E-state index is -0.974. The highest BCUT2D eigenvalue weighted by Crippen LogP contribution is 2.35. The molecular weight excluding hydrogens is 498 g/mol. The van der Waals surface area contributed by atoms with Gasteiger partial charge in [-0.25, -0.2) is 19.7 Å². The lowest BCUT2D eigenvalue weighted by Gasteiger charge is -2.14. The number of H-pyrrole nitrogens is 1. The maximum Gasteiger partial charge on any atom is 0.335 e. The second kappa shape index (κ2) is 9.88. The van der Waals surface area contributed by atoms with E-state index in [9.17, 15) is 9.59 Å². The quantitative estimate of drug-likeness (QED) is 0.275. The number of methoxy groups -OCH3 is 1. The summed E-state index contributed by atoms with van der Waals surface area (Å²) in [6.45, 7) is 0.403. The fraction of sp³-hybridized carbons (Fsp3) is 0.120. The minimum Gasteiger partial charge on any atom is -0.496 e. The standard InChI is InChI=1S/C25H19N5O4S2/c1-34-19-7-4-15(10-17(19)21-26-12-18-22(29-21)28-13-27-18)11-20-23(31)30(25(35)36-20)9-8-14-2-5-16(6-3-14)24(32)33/h2-7,10-13H,8-9H2,1H3,(H,32,33)(H,26,27,28,29). The van der Waals surface area contributed by atoms with Crippen LogP contribution in [0.4, 0.5) is 0 Å². The molecule has 0 saturated carbocycles. The van der Waals surface area contributed by atoms with Gasteiger partial charge in [-0.15, -0.1) is 0 Å². The van der Waals surface area contributed by atoms with Crippen LogP contribution in [-0.4, -0.2) is 59.8 Å². The van der Waals surface area contributed by atoms with Crippen LogP contribution in [0.15, 0.2) is 59.9 Å². The van der Waals surface area contributed by atoms with Crippen LogP contribution >= 0.6 is 24.0 Å². The van der Waals surface area contributed by atoms with E-state index in [4.69, 9.17) is 22.1 Å². The van der Waals surface area contributed by atoms with Crippen LogP contribution in [-0.2, 0) is 11.2 Å². The molecule has 1 amide bonds. The highest BCUT2D eigenvalue weighted by atomic mass is 32.2. The number of carbonyl (C=O) groups excluding carboxylic acids is 1. The number of carboxylic acids is 1. The smallest absolute Gasteiger partial charge is 0.335 e. The van der Waals surface area contributed by atoms with Gasteiger partial charge >= 0.3 is 5.97 Å². The molecule has 180 valence electrons. The number of fused-ring (bicyclic) bond motifs is 1. The van der Waals surface area contributed by atoms with Crippen molar-refractivity contribution in [2.75, 3.05) is 13.7 Å². The molecule has 36 heavy (non-hydrogen) atoms. The number of hydrogen-bond donors (Lipinski definition) is 2. The van der Waals surface area contributed by atoms with Gasteiger partial charge in [-0.1, -0.05) is 42.2 Å². The molecule has 1 saturated heterocycles. The Morgan fingerprint density at radius 1 is 1.22 bits per heavy atom. The molecule has 0 atom stereocenters. The Labute approximate surface area is 215 Å². The average molecular weight is 518 g/mol. The number of benzene rings is 2. The Hall–Kier alpha value is -4.09. The Morgan fingerprint density at radius 3 is 2.78 bits per heavy atom. The van der Waals surface area contributed by atoms with Crippen molar-refractivity contribution in [1.29, 1.82) is 0 Å². The van der Waals surface area contributed by atoms with Crippen LogP contribution < -0.4 is 4.74 Å². The molecule has 1 fully saturated rings. The van der Waals surface area contributed by atoms with Crippen molar-refractivity contribution in [2.24, 2.45) is 0 Å². The van der Waals surface area contributed by atoms with Crippen molar-refractivity contribution in [3.8, 4) is 17.1 Å². The largest absolute Gasteiger partial charge is 0.496 e. The molecule has 2 aromatic carbocycles. The highest BCUT2D eigenvalue weighted by Gasteiger charge is 2.31. The van der Waals surface area contributed by atoms with Crippen LogP contribution in [0.2, 0.25) is 0 Å². The molecule has 11 heteroatoms. The molecule has 1 aliphatic rings. The number of nitrogens with one attached hydrogen (secondary N) is 1. The van der Waals surface area contributed by atoms with Gasteiger partial charge < -0.3 is 14.8 Å². The molecule has 0 unspecified atom stereocenters. The van der Waals surface area contributed by atoms with Gasteiger partial charge in [0, 0.05) is 6.54 Å². The third-order valence-corrected chi connectivity index (χ3v) is 7.01. The van der Waals surface area contributed by atoms with Crippen molar-refractivity contribution in [3.05, 3.63) is 76.6 Å². The van der Waals surface area contributed by atoms with E-state index in [0.29, 0.717) is 45.0 Å². The third-order valence-electron chi connectivity index (χ3n) is 5.64. The number of aromatic nitrogens is 4. The maximum absolute atomic E-state index is 13.1. The summed E-state index contributed by atoms with van der Waals surface area (Å²) in [5.41, 5.74) is 3.88. The Kier molecular flexibility index (Phi) is 6.49. The number of amides is 1. The van der Waals surface area contributed by atoms with Crippen molar-refractivity contribution in [3.63, 3.8) is 0 Å². The molecular formula is C25H19N5O4S2. The summed E-state index contributed by atoms with van der Waals surface area (Å²) in [7, 11) is 1.58. The lowest BCUT2D eigenvalue weighted by Crippen LogP contribution is -2.30. The lowest BCUT2D eigenvalue weighted by molar-refractivity contribution is -0.122. The van der Waals surface area contributed by atoms with Gasteiger partial charge in [0.25, 0.3) is 5.91 Å². The number of aromatic carboxylic acids is 1. The van der Waals surface area contributed by atoms with E-state index in [1.807, 2.05) is 12.1 Å². The van der Waals surface area contributed by atoms with Gasteiger partial charge in [0.15, 0.2) is 11.5 Å². The summed E-state index contributed by atoms with van der Waals surface area (Å²) in [4.78, 5) is 42.3. The molecule has 9 nitrogen and oxygen atoms in total. The minimum absolute atomic E-state index is 0.168. The number of thiocarbonyl (C=S) groups is 1. The summed E-state index contributed by atoms with van der Waals surface area (Å²) < 4.78 is 5.99. The van der Waals surface area contributed by atoms with E-state index in [0.717, 1.165) is 16.6 Å². The van der Waals surface area contributed by atoms with Gasteiger partial charge in [0.2, 0.25) is 0 Å². The van der Waals surface area contributed by atoms with Gasteiger partial charge in [-0.3, -0.25) is 9.69 Å². The molecule has 1 aliphatic heterocycles. The number of ether oxygens (including phenoxy) is 1. The Morgan fingerprint density at radius 2 is 2.03 bits per heavy atom. The molecule has 0 radical (unpaired) electrons. The average Bonchev–Trinajstić information content (AvgIpc) is 3.46. The summed E-state index contributed by atoms with van der Waals surface area (Å²) >= 11 is 6.71. The number of carboxylic acid groups (broad SMARTS) is 1. The molecule has 3 heterocycles. The Bertz CT molecular complexity index is 1530. The second-order valence-electron chi connectivity index (χ2n) is 7.88. The van der Waals surface area contributed by atoms with Gasteiger partial charge in [0.05, 0.1) is 35.7 Å². The van der Waals surface area contributed by atoms with Crippen LogP contribution in [0.5, 0.6) is 5.75 Å². The predicted octanol–water partition coefficient (Wildman–Crippen LogP) is 4.17. The van der Waals surface area contributed by atoms with E-state index in [1.54, 1.807) is 60.9 Å².